The van der Waals surface area contributed by atoms with E-state index in [1.807, 2.05) is 0 Å². The Labute approximate surface area is 99.1 Å². The van der Waals surface area contributed by atoms with Gasteiger partial charge in [0.1, 0.15) is 17.5 Å². The minimum Gasteiger partial charge on any atom is -0.382 e. The molecule has 0 unspecified atom stereocenters. The highest BCUT2D eigenvalue weighted by Gasteiger charge is 2.12. The van der Waals surface area contributed by atoms with Gasteiger partial charge in [0.05, 0.1) is 11.9 Å². The number of benzene rings is 1. The molecule has 0 aliphatic heterocycles. The van der Waals surface area contributed by atoms with E-state index in [1.165, 1.54) is 23.5 Å². The number of fused-ring (bicyclic) bond motifs is 1. The van der Waals surface area contributed by atoms with Gasteiger partial charge in [-0.1, -0.05) is 0 Å². The summed E-state index contributed by atoms with van der Waals surface area (Å²) in [5.41, 5.74) is 6.51. The summed E-state index contributed by atoms with van der Waals surface area (Å²) in [4.78, 5) is 4.75. The van der Waals surface area contributed by atoms with Gasteiger partial charge in [-0.05, 0) is 12.1 Å². The molecule has 0 saturated carbocycles. The zero-order valence-electron chi connectivity index (χ0n) is 8.52. The number of nitrogens with two attached hydrogens (primary N) is 1. The van der Waals surface area contributed by atoms with Crippen LogP contribution in [-0.2, 0) is 0 Å². The number of hydrogen-bond acceptors (Lipinski definition) is 3. The summed E-state index contributed by atoms with van der Waals surface area (Å²) in [7, 11) is 0. The van der Waals surface area contributed by atoms with Crippen molar-refractivity contribution < 1.29 is 8.78 Å². The Hall–Kier alpha value is -1.95. The van der Waals surface area contributed by atoms with Crippen molar-refractivity contribution in [3.05, 3.63) is 41.4 Å². The van der Waals surface area contributed by atoms with Gasteiger partial charge in [0.15, 0.2) is 4.96 Å². The van der Waals surface area contributed by atoms with Crippen LogP contribution in [-0.4, -0.2) is 9.38 Å². The lowest BCUT2D eigenvalue weighted by Gasteiger charge is -2.01. The summed E-state index contributed by atoms with van der Waals surface area (Å²) in [6.07, 6.45) is 1.62. The minimum atomic E-state index is -0.600. The molecule has 1 aromatic carbocycles. The molecular weight excluding hydrogens is 244 g/mol. The standard InChI is InChI=1S/C11H7F2N3S/c12-6-1-2-7(8(13)3-6)9-5-17-11-15-10(14)4-16(9)11/h1-5H,14H2. The molecule has 3 rings (SSSR count). The van der Waals surface area contributed by atoms with E-state index in [4.69, 9.17) is 5.73 Å². The number of hydrogen-bond donors (Lipinski definition) is 1. The summed E-state index contributed by atoms with van der Waals surface area (Å²) in [5, 5.41) is 1.76. The third-order valence-corrected chi connectivity index (χ3v) is 3.27. The summed E-state index contributed by atoms with van der Waals surface area (Å²) in [5.74, 6) is -0.819. The van der Waals surface area contributed by atoms with Crippen LogP contribution < -0.4 is 5.73 Å². The van der Waals surface area contributed by atoms with Crippen LogP contribution in [0.3, 0.4) is 0 Å². The van der Waals surface area contributed by atoms with E-state index in [-0.39, 0.29) is 0 Å². The van der Waals surface area contributed by atoms with Crippen molar-refractivity contribution in [1.29, 1.82) is 0 Å². The number of thiazole rings is 1. The zero-order chi connectivity index (χ0) is 12.0. The van der Waals surface area contributed by atoms with E-state index >= 15 is 0 Å². The highest BCUT2D eigenvalue weighted by molar-refractivity contribution is 7.15. The summed E-state index contributed by atoms with van der Waals surface area (Å²) in [6, 6.07) is 3.49. The topological polar surface area (TPSA) is 43.3 Å². The second-order valence-corrected chi connectivity index (χ2v) is 4.40. The first-order valence-corrected chi connectivity index (χ1v) is 5.70. The first-order valence-electron chi connectivity index (χ1n) is 4.82. The van der Waals surface area contributed by atoms with Gasteiger partial charge in [-0.3, -0.25) is 4.40 Å². The Kier molecular flexibility index (Phi) is 2.12. The largest absolute Gasteiger partial charge is 0.382 e. The third kappa shape index (κ3) is 1.57. The minimum absolute atomic E-state index is 0.329. The van der Waals surface area contributed by atoms with Crippen molar-refractivity contribution in [3.8, 4) is 11.3 Å². The molecule has 0 saturated heterocycles. The molecular formula is C11H7F2N3S. The SMILES string of the molecule is Nc1cn2c(-c3ccc(F)cc3F)csc2n1. The third-order valence-electron chi connectivity index (χ3n) is 2.43. The first-order chi connectivity index (χ1) is 8.15. The summed E-state index contributed by atoms with van der Waals surface area (Å²) < 4.78 is 28.2. The van der Waals surface area contributed by atoms with Crippen molar-refractivity contribution in [3.63, 3.8) is 0 Å². The Morgan fingerprint density at radius 2 is 2.12 bits per heavy atom. The number of halogens is 2. The Balaban J connectivity index is 2.26. The fourth-order valence-electron chi connectivity index (χ4n) is 1.69. The molecule has 0 spiro atoms. The molecule has 3 nitrogen and oxygen atoms in total. The molecule has 0 bridgehead atoms. The molecule has 0 aliphatic carbocycles. The van der Waals surface area contributed by atoms with E-state index in [1.54, 1.807) is 16.0 Å². The molecule has 17 heavy (non-hydrogen) atoms. The lowest BCUT2D eigenvalue weighted by molar-refractivity contribution is 0.585. The van der Waals surface area contributed by atoms with Crippen LogP contribution >= 0.6 is 11.3 Å². The van der Waals surface area contributed by atoms with Crippen LogP contribution in [0.5, 0.6) is 0 Å². The number of rotatable bonds is 1. The van der Waals surface area contributed by atoms with E-state index in [0.717, 1.165) is 6.07 Å². The zero-order valence-corrected chi connectivity index (χ0v) is 9.34. The van der Waals surface area contributed by atoms with Crippen molar-refractivity contribution >= 4 is 22.1 Å². The van der Waals surface area contributed by atoms with Crippen LogP contribution in [0.15, 0.2) is 29.8 Å². The Morgan fingerprint density at radius 1 is 1.29 bits per heavy atom. The Morgan fingerprint density at radius 3 is 2.88 bits per heavy atom. The van der Waals surface area contributed by atoms with Gasteiger partial charge in [0.25, 0.3) is 0 Å². The van der Waals surface area contributed by atoms with E-state index < -0.39 is 11.6 Å². The van der Waals surface area contributed by atoms with Gasteiger partial charge in [0, 0.05) is 17.0 Å². The molecule has 0 atom stereocenters. The molecule has 0 aliphatic rings. The molecule has 3 aromatic rings. The van der Waals surface area contributed by atoms with Crippen LogP contribution in [0.4, 0.5) is 14.6 Å². The average Bonchev–Trinajstić information content (AvgIpc) is 2.78. The molecule has 0 amide bonds. The lowest BCUT2D eigenvalue weighted by atomic mass is 10.1. The number of imidazole rings is 1. The van der Waals surface area contributed by atoms with E-state index in [9.17, 15) is 8.78 Å². The fraction of sp³-hybridized carbons (Fsp3) is 0. The normalized spacial score (nSPS) is 11.2. The number of anilines is 1. The van der Waals surface area contributed by atoms with Gasteiger partial charge in [-0.25, -0.2) is 13.8 Å². The highest BCUT2D eigenvalue weighted by atomic mass is 32.1. The molecule has 86 valence electrons. The van der Waals surface area contributed by atoms with Gasteiger partial charge in [-0.15, -0.1) is 11.3 Å². The molecule has 0 fully saturated rings. The quantitative estimate of drug-likeness (QED) is 0.722. The monoisotopic (exact) mass is 251 g/mol. The van der Waals surface area contributed by atoms with Crippen molar-refractivity contribution in [1.82, 2.24) is 9.38 Å². The average molecular weight is 251 g/mol. The highest BCUT2D eigenvalue weighted by Crippen LogP contribution is 2.28. The van der Waals surface area contributed by atoms with Gasteiger partial charge in [-0.2, -0.15) is 0 Å². The molecule has 2 heterocycles. The Bertz CT molecular complexity index is 702. The fourth-order valence-corrected chi connectivity index (χ4v) is 2.57. The summed E-state index contributed by atoms with van der Waals surface area (Å²) in [6.45, 7) is 0. The van der Waals surface area contributed by atoms with Crippen LogP contribution in [0.2, 0.25) is 0 Å². The predicted octanol–water partition coefficient (Wildman–Crippen LogP) is 2.92. The van der Waals surface area contributed by atoms with Crippen LogP contribution in [0.1, 0.15) is 0 Å². The number of aromatic nitrogens is 2. The van der Waals surface area contributed by atoms with Gasteiger partial charge >= 0.3 is 0 Å². The molecule has 2 N–H and O–H groups in total. The van der Waals surface area contributed by atoms with Crippen molar-refractivity contribution in [2.75, 3.05) is 5.73 Å². The van der Waals surface area contributed by atoms with Crippen LogP contribution in [0.25, 0.3) is 16.2 Å². The van der Waals surface area contributed by atoms with Crippen molar-refractivity contribution in [2.45, 2.75) is 0 Å². The maximum Gasteiger partial charge on any atom is 0.196 e. The van der Waals surface area contributed by atoms with E-state index in [2.05, 4.69) is 4.98 Å². The molecule has 2 aromatic heterocycles. The smallest absolute Gasteiger partial charge is 0.196 e. The second kappa shape index (κ2) is 3.53. The summed E-state index contributed by atoms with van der Waals surface area (Å²) >= 11 is 1.35. The predicted molar refractivity (Wildman–Crippen MR) is 62.8 cm³/mol. The van der Waals surface area contributed by atoms with Crippen LogP contribution in [0, 0.1) is 11.6 Å². The number of nitrogen functional groups attached to an aromatic ring is 1. The maximum absolute atomic E-state index is 13.6. The molecule has 6 heteroatoms. The first kappa shape index (κ1) is 10.2. The van der Waals surface area contributed by atoms with E-state index in [0.29, 0.717) is 22.0 Å². The van der Waals surface area contributed by atoms with Gasteiger partial charge in [0.2, 0.25) is 0 Å². The second-order valence-electron chi connectivity index (χ2n) is 3.56. The molecule has 0 radical (unpaired) electrons. The maximum atomic E-state index is 13.6. The number of nitrogens with zero attached hydrogens (tertiary/aromatic N) is 2. The van der Waals surface area contributed by atoms with Crippen molar-refractivity contribution in [2.24, 2.45) is 0 Å². The lowest BCUT2D eigenvalue weighted by Crippen LogP contribution is -1.89. The van der Waals surface area contributed by atoms with Gasteiger partial charge < -0.3 is 5.73 Å².